The number of nitrogens with zero attached hydrogens (tertiary/aromatic N) is 1. The van der Waals surface area contributed by atoms with E-state index >= 15 is 0 Å². The lowest BCUT2D eigenvalue weighted by Crippen LogP contribution is -2.60. The van der Waals surface area contributed by atoms with Crippen LogP contribution >= 0.6 is 11.3 Å². The molecule has 3 heterocycles. The number of carbonyl (C=O) groups excluding carboxylic acids is 3. The van der Waals surface area contributed by atoms with Gasteiger partial charge >= 0.3 is 5.97 Å². The molecule has 3 fully saturated rings. The number of thiazole rings is 1. The largest absolute Gasteiger partial charge is 0.461 e. The number of aromatic nitrogens is 1. The van der Waals surface area contributed by atoms with Crippen LogP contribution in [0.3, 0.4) is 0 Å². The number of fused-ring (bicyclic) bond motifs is 3. The van der Waals surface area contributed by atoms with Crippen LogP contribution < -0.4 is 5.32 Å². The van der Waals surface area contributed by atoms with Gasteiger partial charge in [0.05, 0.1) is 46.4 Å². The van der Waals surface area contributed by atoms with Crippen LogP contribution in [-0.2, 0) is 28.6 Å². The Morgan fingerprint density at radius 1 is 1.28 bits per heavy atom. The Bertz CT molecular complexity index is 1230. The van der Waals surface area contributed by atoms with Gasteiger partial charge in [0.15, 0.2) is 6.29 Å². The molecule has 10 heteroatoms. The topological polar surface area (TPSA) is 127 Å². The summed E-state index contributed by atoms with van der Waals surface area (Å²) >= 11 is 1.57. The van der Waals surface area contributed by atoms with Crippen molar-refractivity contribution < 1.29 is 33.7 Å². The van der Waals surface area contributed by atoms with Gasteiger partial charge in [-0.15, -0.1) is 11.3 Å². The van der Waals surface area contributed by atoms with Crippen molar-refractivity contribution in [3.8, 4) is 0 Å². The average molecular weight is 619 g/mol. The van der Waals surface area contributed by atoms with Crippen LogP contribution in [0.15, 0.2) is 11.0 Å². The number of Topliss-reactive ketones (excluding diaryl/α,β-unsaturated/α-hetero) is 1. The van der Waals surface area contributed by atoms with Crippen LogP contribution in [-0.4, -0.2) is 64.0 Å². The Morgan fingerprint density at radius 2 is 2.00 bits per heavy atom. The van der Waals surface area contributed by atoms with Crippen LogP contribution in [0.1, 0.15) is 111 Å². The Kier molecular flexibility index (Phi) is 10.3. The van der Waals surface area contributed by atoms with Crippen molar-refractivity contribution in [1.29, 1.82) is 0 Å². The molecule has 2 aliphatic heterocycles. The second-order valence-corrected chi connectivity index (χ2v) is 14.7. The number of epoxide rings is 1. The highest BCUT2D eigenvalue weighted by Crippen LogP contribution is 2.54. The molecule has 4 rings (SSSR count). The van der Waals surface area contributed by atoms with Gasteiger partial charge in [-0.25, -0.2) is 4.98 Å². The van der Waals surface area contributed by atoms with E-state index in [0.29, 0.717) is 19.3 Å². The first kappa shape index (κ1) is 33.7. The van der Waals surface area contributed by atoms with Gasteiger partial charge in [-0.1, -0.05) is 27.7 Å². The fourth-order valence-electron chi connectivity index (χ4n) is 7.40. The van der Waals surface area contributed by atoms with E-state index in [-0.39, 0.29) is 42.3 Å². The van der Waals surface area contributed by atoms with Crippen LogP contribution in [0, 0.1) is 23.7 Å². The first-order valence-electron chi connectivity index (χ1n) is 15.8. The number of amides is 1. The smallest absolute Gasteiger partial charge is 0.305 e. The zero-order valence-electron chi connectivity index (χ0n) is 27.0. The molecule has 1 aromatic rings. The third kappa shape index (κ3) is 7.40. The maximum absolute atomic E-state index is 14.2. The van der Waals surface area contributed by atoms with Gasteiger partial charge in [0, 0.05) is 24.1 Å². The minimum Gasteiger partial charge on any atom is -0.461 e. The van der Waals surface area contributed by atoms with Gasteiger partial charge in [-0.05, 0) is 76.9 Å². The molecule has 1 unspecified atom stereocenters. The second kappa shape index (κ2) is 13.1. The molecule has 2 N–H and O–H groups in total. The molecule has 1 aliphatic carbocycles. The molecular weight excluding hydrogens is 568 g/mol. The fourth-order valence-corrected chi connectivity index (χ4v) is 7.97. The van der Waals surface area contributed by atoms with Crippen molar-refractivity contribution in [2.45, 2.75) is 143 Å². The third-order valence-corrected chi connectivity index (χ3v) is 10.8. The number of aryl methyl sites for hydroxylation is 1. The lowest BCUT2D eigenvalue weighted by atomic mass is 9.54. The summed E-state index contributed by atoms with van der Waals surface area (Å²) in [7, 11) is 0. The van der Waals surface area contributed by atoms with Crippen molar-refractivity contribution in [2.24, 2.45) is 16.7 Å². The quantitative estimate of drug-likeness (QED) is 0.232. The summed E-state index contributed by atoms with van der Waals surface area (Å²) in [6.45, 7) is 15.4. The number of nitrogens with one attached hydrogen (secondary N) is 1. The van der Waals surface area contributed by atoms with E-state index in [1.54, 1.807) is 18.3 Å². The zero-order valence-corrected chi connectivity index (χ0v) is 27.8. The summed E-state index contributed by atoms with van der Waals surface area (Å²) in [5, 5.41) is 16.6. The summed E-state index contributed by atoms with van der Waals surface area (Å²) in [5.41, 5.74) is -0.121. The molecule has 3 aliphatic rings. The van der Waals surface area contributed by atoms with Gasteiger partial charge in [0.2, 0.25) is 5.91 Å². The van der Waals surface area contributed by atoms with Crippen molar-refractivity contribution >= 4 is 35.1 Å². The number of aliphatic hydroxyl groups excluding tert-OH is 1. The molecule has 9 atom stereocenters. The van der Waals surface area contributed by atoms with E-state index in [0.717, 1.165) is 35.5 Å². The predicted octanol–water partition coefficient (Wildman–Crippen LogP) is 5.52. The maximum Gasteiger partial charge on any atom is 0.305 e. The average Bonchev–Trinajstić information content (AvgIpc) is 3.39. The number of ether oxygens (including phenoxy) is 3. The molecule has 0 spiro atoms. The number of ketones is 1. The Balaban J connectivity index is 1.71. The first-order valence-corrected chi connectivity index (χ1v) is 16.7. The minimum absolute atomic E-state index is 0.0196. The van der Waals surface area contributed by atoms with Crippen molar-refractivity contribution in [3.63, 3.8) is 0 Å². The Labute approximate surface area is 260 Å². The molecule has 0 aromatic carbocycles. The molecule has 43 heavy (non-hydrogen) atoms. The number of hydrogen-bond donors (Lipinski definition) is 2. The van der Waals surface area contributed by atoms with Gasteiger partial charge in [0.1, 0.15) is 11.9 Å². The second-order valence-electron chi connectivity index (χ2n) is 13.7. The monoisotopic (exact) mass is 618 g/mol. The normalized spacial score (nSPS) is 38.0. The van der Waals surface area contributed by atoms with Crippen molar-refractivity contribution in [3.05, 3.63) is 21.7 Å². The Hall–Kier alpha value is -2.14. The highest BCUT2D eigenvalue weighted by Gasteiger charge is 2.60. The highest BCUT2D eigenvalue weighted by molar-refractivity contribution is 7.09. The van der Waals surface area contributed by atoms with E-state index in [1.807, 2.05) is 46.1 Å². The van der Waals surface area contributed by atoms with Crippen LogP contribution in [0.2, 0.25) is 0 Å². The van der Waals surface area contributed by atoms with E-state index in [1.165, 1.54) is 0 Å². The van der Waals surface area contributed by atoms with E-state index in [2.05, 4.69) is 24.1 Å². The van der Waals surface area contributed by atoms with Crippen molar-refractivity contribution in [2.75, 3.05) is 0 Å². The predicted molar refractivity (Wildman–Crippen MR) is 165 cm³/mol. The Morgan fingerprint density at radius 3 is 2.63 bits per heavy atom. The van der Waals surface area contributed by atoms with Crippen LogP contribution in [0.4, 0.5) is 0 Å². The fraction of sp³-hybridized carbons (Fsp3) is 0.758. The summed E-state index contributed by atoms with van der Waals surface area (Å²) in [6, 6.07) is -0.306. The molecular formula is C33H50N2O7S. The number of esters is 1. The summed E-state index contributed by atoms with van der Waals surface area (Å²) in [4.78, 5) is 45.2. The van der Waals surface area contributed by atoms with Crippen molar-refractivity contribution in [1.82, 2.24) is 10.3 Å². The summed E-state index contributed by atoms with van der Waals surface area (Å²) in [5.74, 6) is -1.42. The van der Waals surface area contributed by atoms with E-state index in [9.17, 15) is 19.5 Å². The highest BCUT2D eigenvalue weighted by atomic mass is 32.1. The molecule has 9 nitrogen and oxygen atoms in total. The van der Waals surface area contributed by atoms with E-state index in [4.69, 9.17) is 14.2 Å². The molecule has 2 bridgehead atoms. The lowest BCUT2D eigenvalue weighted by Gasteiger charge is -2.53. The standard InChI is InChI=1S/C33H50N2O7S/c1-9-27(37)40-24-16-26(36)35-23(19(3)14-22-17-43-21(5)34-22)15-25-33(8,42-25)13-11-12-31(6)18-32(24,7)29(39)20(4)30(31)41-28(38)10-2/h14,17,20,23-25,28,30,38H,9-13,15-16,18H2,1-8H3,(H,35,36)/b19-14+/t20-,23-,24-,25-,28?,30+,31-,32-,33+/m0/s1. The lowest BCUT2D eigenvalue weighted by molar-refractivity contribution is -0.216. The van der Waals surface area contributed by atoms with Crippen LogP contribution in [0.25, 0.3) is 6.08 Å². The van der Waals surface area contributed by atoms with Gasteiger partial charge < -0.3 is 24.6 Å². The summed E-state index contributed by atoms with van der Waals surface area (Å²) in [6.07, 6.45) is 3.31. The van der Waals surface area contributed by atoms with Gasteiger partial charge in [0.25, 0.3) is 0 Å². The molecule has 1 aromatic heterocycles. The zero-order chi connectivity index (χ0) is 31.7. The number of rotatable bonds is 7. The SMILES string of the molecule is CCC(=O)O[C@H]1CC(=O)N[C@H](/C(C)=C/c2csc(C)n2)C[C@@H]2O[C@]2(C)CCC[C@@]2(C)C[C@]1(C)C(=O)[C@H](C)[C@H]2OC(O)CC. The molecule has 0 radical (unpaired) electrons. The van der Waals surface area contributed by atoms with Gasteiger partial charge in [-0.3, -0.25) is 14.4 Å². The number of hydrogen-bond acceptors (Lipinski definition) is 9. The maximum atomic E-state index is 14.2. The molecule has 2 saturated heterocycles. The third-order valence-electron chi connectivity index (χ3n) is 9.99. The molecule has 240 valence electrons. The van der Waals surface area contributed by atoms with Crippen LogP contribution in [0.5, 0.6) is 0 Å². The number of aliphatic hydroxyl groups is 1. The molecule has 1 amide bonds. The van der Waals surface area contributed by atoms with Gasteiger partial charge in [-0.2, -0.15) is 0 Å². The number of carbonyl (C=O) groups is 3. The molecule has 1 saturated carbocycles. The minimum atomic E-state index is -1.11. The summed E-state index contributed by atoms with van der Waals surface area (Å²) < 4.78 is 18.3. The first-order chi connectivity index (χ1) is 20.1. The van der Waals surface area contributed by atoms with E-state index < -0.39 is 41.2 Å².